The first-order chi connectivity index (χ1) is 6.96. The van der Waals surface area contributed by atoms with Gasteiger partial charge in [-0.15, -0.1) is 0 Å². The molecule has 0 bridgehead atoms. The fraction of sp³-hybridized carbons (Fsp3) is 0.333. The molecule has 1 aliphatic heterocycles. The monoisotopic (exact) mass is 247 g/mol. The third-order valence-electron chi connectivity index (χ3n) is 1.99. The topological polar surface area (TPSA) is 58.7 Å². The molecule has 2 rings (SSSR count). The highest BCUT2D eigenvalue weighted by Gasteiger charge is 2.25. The number of hydrogen-bond donors (Lipinski definition) is 1. The minimum Gasteiger partial charge on any atom is -0.368 e. The summed E-state index contributed by atoms with van der Waals surface area (Å²) in [6.45, 7) is 0.681. The number of benzene rings is 1. The van der Waals surface area contributed by atoms with E-state index in [1.54, 1.807) is 12.1 Å². The summed E-state index contributed by atoms with van der Waals surface area (Å²) in [5.41, 5.74) is 1.33. The highest BCUT2D eigenvalue weighted by atomic mass is 35.5. The Morgan fingerprint density at radius 1 is 1.53 bits per heavy atom. The van der Waals surface area contributed by atoms with E-state index in [1.807, 2.05) is 6.07 Å². The molecule has 1 N–H and O–H groups in total. The molecule has 1 heterocycles. The third kappa shape index (κ3) is 2.84. The Balaban J connectivity index is 2.32. The van der Waals surface area contributed by atoms with Gasteiger partial charge in [0.25, 0.3) is 0 Å². The number of hydrogen-bond acceptors (Lipinski definition) is 3. The number of nitrogens with one attached hydrogen (secondary N) is 1. The molecule has 1 atom stereocenters. The molecule has 1 unspecified atom stereocenters. The largest absolute Gasteiger partial charge is 0.368 e. The molecule has 15 heavy (non-hydrogen) atoms. The first-order valence-electron chi connectivity index (χ1n) is 4.34. The fourth-order valence-corrected chi connectivity index (χ4v) is 2.05. The second kappa shape index (κ2) is 3.66. The molecule has 0 aromatic heterocycles. The van der Waals surface area contributed by atoms with Crippen molar-refractivity contribution in [3.63, 3.8) is 0 Å². The van der Waals surface area contributed by atoms with Crippen LogP contribution in [0.25, 0.3) is 0 Å². The molecule has 0 amide bonds. The Morgan fingerprint density at radius 2 is 2.20 bits per heavy atom. The van der Waals surface area contributed by atoms with Crippen LogP contribution in [0.4, 0.5) is 5.69 Å². The molecule has 0 spiro atoms. The van der Waals surface area contributed by atoms with Crippen LogP contribution in [0.2, 0.25) is 5.02 Å². The van der Waals surface area contributed by atoms with Crippen molar-refractivity contribution in [3.8, 4) is 0 Å². The third-order valence-corrected chi connectivity index (χ3v) is 2.91. The summed E-state index contributed by atoms with van der Waals surface area (Å²) in [5.74, 6) is 0. The van der Waals surface area contributed by atoms with Crippen LogP contribution in [0.3, 0.4) is 0 Å². The molecule has 1 fully saturated rings. The van der Waals surface area contributed by atoms with E-state index in [1.165, 1.54) is 0 Å². The minimum atomic E-state index is -3.30. The number of ether oxygens (including phenoxy) is 1. The predicted molar refractivity (Wildman–Crippen MR) is 58.6 cm³/mol. The van der Waals surface area contributed by atoms with Gasteiger partial charge in [0.15, 0.2) is 0 Å². The normalized spacial score (nSPS) is 20.0. The van der Waals surface area contributed by atoms with Crippen LogP contribution in [0.1, 0.15) is 11.7 Å². The first-order valence-corrected chi connectivity index (χ1v) is 6.61. The maximum atomic E-state index is 11.0. The summed E-state index contributed by atoms with van der Waals surface area (Å²) in [6, 6.07) is 5.18. The Kier molecular flexibility index (Phi) is 2.62. The molecule has 82 valence electrons. The van der Waals surface area contributed by atoms with Crippen LogP contribution in [0, 0.1) is 0 Å². The van der Waals surface area contributed by atoms with Crippen molar-refractivity contribution in [2.24, 2.45) is 0 Å². The quantitative estimate of drug-likeness (QED) is 0.829. The summed E-state index contributed by atoms with van der Waals surface area (Å²) in [7, 11) is -3.30. The van der Waals surface area contributed by atoms with Gasteiger partial charge in [0.2, 0.25) is 10.0 Å². The highest BCUT2D eigenvalue weighted by Crippen LogP contribution is 2.34. The molecule has 6 heteroatoms. The number of halogens is 1. The van der Waals surface area contributed by atoms with Crippen molar-refractivity contribution in [1.82, 2.24) is 0 Å². The number of anilines is 1. The molecule has 0 saturated carbocycles. The van der Waals surface area contributed by atoms with Gasteiger partial charge in [-0.2, -0.15) is 0 Å². The zero-order chi connectivity index (χ0) is 11.1. The number of epoxide rings is 1. The Hall–Kier alpha value is -0.780. The Bertz CT molecular complexity index is 482. The summed E-state index contributed by atoms with van der Waals surface area (Å²) in [6.07, 6.45) is 1.17. The number of sulfonamides is 1. The van der Waals surface area contributed by atoms with Crippen LogP contribution in [-0.4, -0.2) is 21.3 Å². The van der Waals surface area contributed by atoms with E-state index in [0.717, 1.165) is 11.8 Å². The van der Waals surface area contributed by atoms with Gasteiger partial charge in [-0.25, -0.2) is 8.42 Å². The van der Waals surface area contributed by atoms with Crippen LogP contribution in [0.15, 0.2) is 18.2 Å². The lowest BCUT2D eigenvalue weighted by Gasteiger charge is -2.07. The summed E-state index contributed by atoms with van der Waals surface area (Å²) < 4.78 is 29.6. The van der Waals surface area contributed by atoms with E-state index in [-0.39, 0.29) is 6.10 Å². The molecule has 1 aromatic rings. The average molecular weight is 248 g/mol. The summed E-state index contributed by atoms with van der Waals surface area (Å²) in [5, 5.41) is 0.379. The van der Waals surface area contributed by atoms with Crippen molar-refractivity contribution in [2.45, 2.75) is 6.10 Å². The Labute approximate surface area is 93.2 Å². The van der Waals surface area contributed by atoms with Gasteiger partial charge in [0.05, 0.1) is 23.6 Å². The molecule has 0 radical (unpaired) electrons. The zero-order valence-electron chi connectivity index (χ0n) is 8.03. The SMILES string of the molecule is CS(=O)(=O)Nc1cc(C2CO2)ccc1Cl. The van der Waals surface area contributed by atoms with Crippen molar-refractivity contribution in [1.29, 1.82) is 0 Å². The molecule has 1 aliphatic rings. The van der Waals surface area contributed by atoms with Crippen LogP contribution < -0.4 is 4.72 Å². The minimum absolute atomic E-state index is 0.0855. The number of rotatable bonds is 3. The molecule has 0 aliphatic carbocycles. The van der Waals surface area contributed by atoms with Crippen molar-refractivity contribution >= 4 is 27.3 Å². The fourth-order valence-electron chi connectivity index (χ4n) is 1.26. The van der Waals surface area contributed by atoms with Gasteiger partial charge in [-0.1, -0.05) is 17.7 Å². The maximum absolute atomic E-state index is 11.0. The molecule has 4 nitrogen and oxygen atoms in total. The van der Waals surface area contributed by atoms with Gasteiger partial charge in [-0.05, 0) is 17.7 Å². The van der Waals surface area contributed by atoms with E-state index in [9.17, 15) is 8.42 Å². The van der Waals surface area contributed by atoms with Gasteiger partial charge < -0.3 is 4.74 Å². The van der Waals surface area contributed by atoms with E-state index in [2.05, 4.69) is 4.72 Å². The van der Waals surface area contributed by atoms with E-state index in [0.29, 0.717) is 17.3 Å². The zero-order valence-corrected chi connectivity index (χ0v) is 9.60. The van der Waals surface area contributed by atoms with E-state index in [4.69, 9.17) is 16.3 Å². The second-order valence-electron chi connectivity index (χ2n) is 3.44. The van der Waals surface area contributed by atoms with Crippen LogP contribution in [-0.2, 0) is 14.8 Å². The highest BCUT2D eigenvalue weighted by molar-refractivity contribution is 7.92. The van der Waals surface area contributed by atoms with Gasteiger partial charge in [0.1, 0.15) is 6.10 Å². The average Bonchev–Trinajstić information content (AvgIpc) is 2.89. The maximum Gasteiger partial charge on any atom is 0.229 e. The van der Waals surface area contributed by atoms with Gasteiger partial charge in [0, 0.05) is 0 Å². The van der Waals surface area contributed by atoms with Crippen LogP contribution in [0.5, 0.6) is 0 Å². The standard InChI is InChI=1S/C9H10ClNO3S/c1-15(12,13)11-8-4-6(9-5-14-9)2-3-7(8)10/h2-4,9,11H,5H2,1H3. The van der Waals surface area contributed by atoms with E-state index >= 15 is 0 Å². The summed E-state index contributed by atoms with van der Waals surface area (Å²) >= 11 is 5.86. The van der Waals surface area contributed by atoms with Crippen molar-refractivity contribution < 1.29 is 13.2 Å². The Morgan fingerprint density at radius 3 is 2.73 bits per heavy atom. The molecule has 1 saturated heterocycles. The lowest BCUT2D eigenvalue weighted by Crippen LogP contribution is -2.10. The van der Waals surface area contributed by atoms with E-state index < -0.39 is 10.0 Å². The molecular weight excluding hydrogens is 238 g/mol. The summed E-state index contributed by atoms with van der Waals surface area (Å²) in [4.78, 5) is 0. The van der Waals surface area contributed by atoms with Crippen molar-refractivity contribution in [3.05, 3.63) is 28.8 Å². The smallest absolute Gasteiger partial charge is 0.229 e. The predicted octanol–water partition coefficient (Wildman–Crippen LogP) is 1.78. The molecule has 1 aromatic carbocycles. The molecular formula is C9H10ClNO3S. The van der Waals surface area contributed by atoms with Gasteiger partial charge in [-0.3, -0.25) is 4.72 Å². The van der Waals surface area contributed by atoms with Gasteiger partial charge >= 0.3 is 0 Å². The lowest BCUT2D eigenvalue weighted by molar-refractivity contribution is 0.415. The second-order valence-corrected chi connectivity index (χ2v) is 5.59. The lowest BCUT2D eigenvalue weighted by atomic mass is 10.1. The first kappa shape index (κ1) is 10.7. The van der Waals surface area contributed by atoms with Crippen molar-refractivity contribution in [2.75, 3.05) is 17.6 Å². The van der Waals surface area contributed by atoms with Crippen LogP contribution >= 0.6 is 11.6 Å².